The smallest absolute Gasteiger partial charge is 0.335 e. The number of carbonyl (C=O) groups excluding carboxylic acids is 1. The maximum atomic E-state index is 12.6. The lowest BCUT2D eigenvalue weighted by Crippen LogP contribution is -2.27. The van der Waals surface area contributed by atoms with Gasteiger partial charge in [0.25, 0.3) is 5.91 Å². The number of carbonyl (C=O) groups is 2. The standard InChI is InChI=1S/C17H10ClNO3S2/c18-12-2-1-3-13(9-12)19-15(20)14(24-17(19)23)8-10-4-6-11(7-5-10)16(21)22/h1-9H,(H,21,22)/b14-8-. The molecule has 1 N–H and O–H groups in total. The third-order valence-corrected chi connectivity index (χ3v) is 4.85. The van der Waals surface area contributed by atoms with Crippen molar-refractivity contribution < 1.29 is 14.7 Å². The number of hydrogen-bond donors (Lipinski definition) is 1. The van der Waals surface area contributed by atoms with Crippen LogP contribution in [-0.2, 0) is 4.79 Å². The number of anilines is 1. The quantitative estimate of drug-likeness (QED) is 0.634. The van der Waals surface area contributed by atoms with E-state index in [0.717, 1.165) is 5.56 Å². The number of hydrogen-bond acceptors (Lipinski definition) is 4. The minimum Gasteiger partial charge on any atom is -0.478 e. The van der Waals surface area contributed by atoms with Gasteiger partial charge >= 0.3 is 5.97 Å². The summed E-state index contributed by atoms with van der Waals surface area (Å²) in [6.45, 7) is 0. The minimum absolute atomic E-state index is 0.193. The molecule has 24 heavy (non-hydrogen) atoms. The number of rotatable bonds is 3. The van der Waals surface area contributed by atoms with E-state index in [-0.39, 0.29) is 11.5 Å². The van der Waals surface area contributed by atoms with Crippen molar-refractivity contribution >= 4 is 63.5 Å². The van der Waals surface area contributed by atoms with E-state index in [1.807, 2.05) is 0 Å². The van der Waals surface area contributed by atoms with Gasteiger partial charge in [0.2, 0.25) is 0 Å². The molecule has 1 fully saturated rings. The van der Waals surface area contributed by atoms with Gasteiger partial charge in [0.1, 0.15) is 0 Å². The summed E-state index contributed by atoms with van der Waals surface area (Å²) in [5, 5.41) is 9.43. The molecular weight excluding hydrogens is 366 g/mol. The van der Waals surface area contributed by atoms with Crippen LogP contribution in [0.25, 0.3) is 6.08 Å². The molecule has 2 aromatic rings. The topological polar surface area (TPSA) is 57.6 Å². The highest BCUT2D eigenvalue weighted by molar-refractivity contribution is 8.27. The number of thiocarbonyl (C=S) groups is 1. The van der Waals surface area contributed by atoms with Crippen LogP contribution >= 0.6 is 35.6 Å². The molecule has 4 nitrogen and oxygen atoms in total. The third kappa shape index (κ3) is 3.36. The lowest BCUT2D eigenvalue weighted by atomic mass is 10.1. The number of benzene rings is 2. The fourth-order valence-electron chi connectivity index (χ4n) is 2.18. The second-order valence-corrected chi connectivity index (χ2v) is 7.04. The predicted molar refractivity (Wildman–Crippen MR) is 101 cm³/mol. The van der Waals surface area contributed by atoms with Gasteiger partial charge in [-0.3, -0.25) is 9.69 Å². The molecule has 1 amide bonds. The third-order valence-electron chi connectivity index (χ3n) is 3.32. The Balaban J connectivity index is 1.89. The Bertz CT molecular complexity index is 878. The number of thioether (sulfide) groups is 1. The first kappa shape index (κ1) is 16.7. The van der Waals surface area contributed by atoms with Crippen molar-refractivity contribution in [2.24, 2.45) is 0 Å². The zero-order valence-corrected chi connectivity index (χ0v) is 14.5. The van der Waals surface area contributed by atoms with E-state index in [0.29, 0.717) is 19.9 Å². The van der Waals surface area contributed by atoms with E-state index in [1.165, 1.54) is 28.8 Å². The lowest BCUT2D eigenvalue weighted by molar-refractivity contribution is -0.113. The van der Waals surface area contributed by atoms with Crippen molar-refractivity contribution in [2.45, 2.75) is 0 Å². The number of aromatic carboxylic acids is 1. The fraction of sp³-hybridized carbons (Fsp3) is 0. The van der Waals surface area contributed by atoms with Gasteiger partial charge in [0, 0.05) is 5.02 Å². The Morgan fingerprint density at radius 3 is 2.54 bits per heavy atom. The van der Waals surface area contributed by atoms with Crippen molar-refractivity contribution in [2.75, 3.05) is 4.90 Å². The van der Waals surface area contributed by atoms with Crippen LogP contribution in [0.2, 0.25) is 5.02 Å². The minimum atomic E-state index is -0.992. The highest BCUT2D eigenvalue weighted by atomic mass is 35.5. The second-order valence-electron chi connectivity index (χ2n) is 4.92. The number of carboxylic acids is 1. The second kappa shape index (κ2) is 6.76. The average Bonchev–Trinajstić information content (AvgIpc) is 2.82. The Labute approximate surface area is 152 Å². The molecule has 3 rings (SSSR count). The molecule has 1 saturated heterocycles. The van der Waals surface area contributed by atoms with Gasteiger partial charge in [-0.05, 0) is 42.0 Å². The lowest BCUT2D eigenvalue weighted by Gasteiger charge is -2.14. The van der Waals surface area contributed by atoms with Gasteiger partial charge in [-0.1, -0.05) is 53.8 Å². The van der Waals surface area contributed by atoms with Crippen LogP contribution in [0.15, 0.2) is 53.4 Å². The van der Waals surface area contributed by atoms with Crippen molar-refractivity contribution in [1.82, 2.24) is 0 Å². The molecule has 0 atom stereocenters. The van der Waals surface area contributed by atoms with Crippen LogP contribution in [0.4, 0.5) is 5.69 Å². The highest BCUT2D eigenvalue weighted by Crippen LogP contribution is 2.36. The van der Waals surface area contributed by atoms with Crippen molar-refractivity contribution in [3.63, 3.8) is 0 Å². The maximum Gasteiger partial charge on any atom is 0.335 e. The van der Waals surface area contributed by atoms with E-state index in [2.05, 4.69) is 0 Å². The van der Waals surface area contributed by atoms with Crippen molar-refractivity contribution in [3.8, 4) is 0 Å². The SMILES string of the molecule is O=C(O)c1ccc(/C=C2\SC(=S)N(c3cccc(Cl)c3)C2=O)cc1. The van der Waals surface area contributed by atoms with Crippen molar-refractivity contribution in [1.29, 1.82) is 0 Å². The van der Waals surface area contributed by atoms with Crippen LogP contribution in [0.3, 0.4) is 0 Å². The first-order valence-electron chi connectivity index (χ1n) is 6.82. The van der Waals surface area contributed by atoms with Gasteiger partial charge in [0.05, 0.1) is 16.2 Å². The van der Waals surface area contributed by atoms with Crippen LogP contribution in [-0.4, -0.2) is 21.3 Å². The Morgan fingerprint density at radius 2 is 1.92 bits per heavy atom. The molecule has 0 unspecified atom stereocenters. The number of amides is 1. The Kier molecular flexibility index (Phi) is 4.71. The first-order valence-corrected chi connectivity index (χ1v) is 8.43. The molecule has 120 valence electrons. The number of nitrogens with zero attached hydrogens (tertiary/aromatic N) is 1. The highest BCUT2D eigenvalue weighted by Gasteiger charge is 2.33. The van der Waals surface area contributed by atoms with Crippen molar-refractivity contribution in [3.05, 3.63) is 69.6 Å². The first-order chi connectivity index (χ1) is 11.5. The van der Waals surface area contributed by atoms with E-state index < -0.39 is 5.97 Å². The molecule has 2 aromatic carbocycles. The van der Waals surface area contributed by atoms with Gasteiger partial charge in [-0.2, -0.15) is 0 Å². The zero-order chi connectivity index (χ0) is 17.3. The zero-order valence-electron chi connectivity index (χ0n) is 12.1. The molecule has 7 heteroatoms. The predicted octanol–water partition coefficient (Wildman–Crippen LogP) is 4.44. The largest absolute Gasteiger partial charge is 0.478 e. The van der Waals surface area contributed by atoms with Gasteiger partial charge in [-0.25, -0.2) is 4.79 Å². The molecular formula is C17H10ClNO3S2. The van der Waals surface area contributed by atoms with E-state index >= 15 is 0 Å². The molecule has 0 spiro atoms. The molecule has 1 aliphatic heterocycles. The number of carboxylic acid groups (broad SMARTS) is 1. The Hall–Kier alpha value is -2.15. The molecule has 1 heterocycles. The summed E-state index contributed by atoms with van der Waals surface area (Å²) in [6.07, 6.45) is 1.69. The Morgan fingerprint density at radius 1 is 1.21 bits per heavy atom. The van der Waals surface area contributed by atoms with Crippen LogP contribution in [0.5, 0.6) is 0 Å². The molecule has 0 aliphatic carbocycles. The molecule has 0 aromatic heterocycles. The average molecular weight is 376 g/mol. The summed E-state index contributed by atoms with van der Waals surface area (Å²) in [5.74, 6) is -1.22. The molecule has 1 aliphatic rings. The molecule has 0 bridgehead atoms. The fourth-order valence-corrected chi connectivity index (χ4v) is 3.66. The summed E-state index contributed by atoms with van der Waals surface area (Å²) in [6, 6.07) is 13.2. The van der Waals surface area contributed by atoms with E-state index in [1.54, 1.807) is 42.5 Å². The van der Waals surface area contributed by atoms with Gasteiger partial charge in [-0.15, -0.1) is 0 Å². The summed E-state index contributed by atoms with van der Waals surface area (Å²) < 4.78 is 0.427. The normalized spacial score (nSPS) is 16.0. The van der Waals surface area contributed by atoms with Crippen LogP contribution in [0, 0.1) is 0 Å². The van der Waals surface area contributed by atoms with Crippen LogP contribution in [0.1, 0.15) is 15.9 Å². The van der Waals surface area contributed by atoms with Gasteiger partial charge < -0.3 is 5.11 Å². The summed E-state index contributed by atoms with van der Waals surface area (Å²) in [7, 11) is 0. The van der Waals surface area contributed by atoms with Crippen LogP contribution < -0.4 is 4.90 Å². The molecule has 0 saturated carbocycles. The van der Waals surface area contributed by atoms with Gasteiger partial charge in [0.15, 0.2) is 4.32 Å². The monoisotopic (exact) mass is 375 g/mol. The summed E-state index contributed by atoms with van der Waals surface area (Å²) >= 11 is 12.5. The van der Waals surface area contributed by atoms with E-state index in [4.69, 9.17) is 28.9 Å². The summed E-state index contributed by atoms with van der Waals surface area (Å²) in [5.41, 5.74) is 1.54. The molecule has 0 radical (unpaired) electrons. The number of halogens is 1. The maximum absolute atomic E-state index is 12.6. The van der Waals surface area contributed by atoms with E-state index in [9.17, 15) is 9.59 Å². The summed E-state index contributed by atoms with van der Waals surface area (Å²) in [4.78, 5) is 25.4.